The molecule has 1 heterocycles. The molecule has 0 radical (unpaired) electrons. The Bertz CT molecular complexity index is 4920. The van der Waals surface area contributed by atoms with E-state index < -0.39 is 139 Å². The fourth-order valence-electron chi connectivity index (χ4n) is 20.9. The second-order valence-corrected chi connectivity index (χ2v) is 34.0. The summed E-state index contributed by atoms with van der Waals surface area (Å²) in [4.78, 5) is 144. The summed E-state index contributed by atoms with van der Waals surface area (Å²) in [6, 6.07) is 65.5. The molecule has 0 N–H and O–H groups in total. The molecule has 1 saturated heterocycles. The van der Waals surface area contributed by atoms with Crippen molar-refractivity contribution in [2.75, 3.05) is 13.2 Å². The minimum Gasteiger partial charge on any atom is -0.459 e. The van der Waals surface area contributed by atoms with Gasteiger partial charge in [0.05, 0.1) is 56.0 Å². The lowest BCUT2D eigenvalue weighted by Gasteiger charge is -2.73. The zero-order valence-corrected chi connectivity index (χ0v) is 68.0. The average Bonchev–Trinajstić information content (AvgIpc) is 1.67. The summed E-state index contributed by atoms with van der Waals surface area (Å²) in [6.07, 6.45) is -8.56. The van der Waals surface area contributed by atoms with Crippen molar-refractivity contribution >= 4 is 53.7 Å². The lowest BCUT2D eigenvalue weighted by molar-refractivity contribution is -0.334. The molecule has 0 aromatic heterocycles. The monoisotopic (exact) mass is 1610 g/mol. The van der Waals surface area contributed by atoms with Crippen molar-refractivity contribution in [1.29, 1.82) is 0 Å². The highest BCUT2D eigenvalue weighted by molar-refractivity contribution is 5.94. The molecule has 0 bridgehead atoms. The van der Waals surface area contributed by atoms with Crippen LogP contribution in [0, 0.1) is 56.7 Å². The molecule has 21 nitrogen and oxygen atoms in total. The fraction of sp³-hybridized carbons (Fsp3) is 0.398. The lowest BCUT2D eigenvalue weighted by atomic mass is 9.32. The Morgan fingerprint density at radius 1 is 0.420 bits per heavy atom. The highest BCUT2D eigenvalue weighted by Gasteiger charge is 2.73. The van der Waals surface area contributed by atoms with Gasteiger partial charge in [-0.3, -0.25) is 4.89 Å². The second kappa shape index (κ2) is 36.1. The van der Waals surface area contributed by atoms with Crippen molar-refractivity contribution in [3.63, 3.8) is 0 Å². The Labute approximate surface area is 693 Å². The van der Waals surface area contributed by atoms with E-state index in [1.165, 1.54) is 31.2 Å². The van der Waals surface area contributed by atoms with Crippen LogP contribution in [0.2, 0.25) is 0 Å². The number of rotatable bonds is 27. The van der Waals surface area contributed by atoms with Gasteiger partial charge in [0.2, 0.25) is 0 Å². The van der Waals surface area contributed by atoms with Gasteiger partial charge < -0.3 is 47.4 Å². The smallest absolute Gasteiger partial charge is 0.348 e. The van der Waals surface area contributed by atoms with E-state index in [4.69, 9.17) is 57.1 Å². The molecule has 0 spiro atoms. The molecule has 5 saturated carbocycles. The molecule has 14 rings (SSSR count). The molecule has 8 aromatic rings. The summed E-state index contributed by atoms with van der Waals surface area (Å²) in [5.41, 5.74) is -0.572. The van der Waals surface area contributed by atoms with Crippen LogP contribution in [0.4, 0.5) is 0 Å². The summed E-state index contributed by atoms with van der Waals surface area (Å²) in [5.74, 6) is -7.50. The van der Waals surface area contributed by atoms with Crippen LogP contribution in [0.25, 0.3) is 0 Å². The highest BCUT2D eigenvalue weighted by atomic mass is 17.2. The number of benzene rings is 8. The van der Waals surface area contributed by atoms with Crippen molar-refractivity contribution < 1.29 is 100 Å². The van der Waals surface area contributed by atoms with Gasteiger partial charge in [-0.05, 0) is 226 Å². The van der Waals surface area contributed by atoms with Crippen LogP contribution in [0.1, 0.15) is 196 Å². The largest absolute Gasteiger partial charge is 0.459 e. The summed E-state index contributed by atoms with van der Waals surface area (Å²) in [5, 5.41) is 0. The van der Waals surface area contributed by atoms with Crippen LogP contribution in [-0.2, 0) is 61.9 Å². The molecule has 0 amide bonds. The maximum atomic E-state index is 16.1. The van der Waals surface area contributed by atoms with Gasteiger partial charge in [-0.25, -0.2) is 43.2 Å². The normalized spacial score (nSPS) is 28.0. The molecule has 6 fully saturated rings. The fourth-order valence-corrected chi connectivity index (χ4v) is 20.9. The predicted octanol–water partition coefficient (Wildman–Crippen LogP) is 17.7. The van der Waals surface area contributed by atoms with E-state index in [9.17, 15) is 38.4 Å². The molecule has 8 aromatic carbocycles. The van der Waals surface area contributed by atoms with Crippen LogP contribution in [-0.4, -0.2) is 128 Å². The number of carbonyl (C=O) groups excluding carboxylic acids is 9. The number of ether oxygens (including phenoxy) is 10. The second-order valence-electron chi connectivity index (χ2n) is 34.0. The van der Waals surface area contributed by atoms with E-state index in [2.05, 4.69) is 41.2 Å². The quantitative estimate of drug-likeness (QED) is 0.0116. The number of hydrogen-bond acceptors (Lipinski definition) is 21. The maximum absolute atomic E-state index is 16.1. The van der Waals surface area contributed by atoms with Gasteiger partial charge in [-0.2, -0.15) is 4.89 Å². The molecular formula is C98H102O21. The van der Waals surface area contributed by atoms with E-state index in [0.717, 1.165) is 31.3 Å². The van der Waals surface area contributed by atoms with Gasteiger partial charge in [0.15, 0.2) is 42.9 Å². The molecule has 21 heteroatoms. The zero-order chi connectivity index (χ0) is 83.8. The van der Waals surface area contributed by atoms with Crippen LogP contribution >= 0.6 is 0 Å². The topological polar surface area (TPSA) is 264 Å². The van der Waals surface area contributed by atoms with E-state index in [-0.39, 0.29) is 90.3 Å². The van der Waals surface area contributed by atoms with Crippen molar-refractivity contribution in [1.82, 2.24) is 0 Å². The van der Waals surface area contributed by atoms with Gasteiger partial charge in [0.25, 0.3) is 0 Å². The minimum absolute atomic E-state index is 0.0234. The van der Waals surface area contributed by atoms with Gasteiger partial charge in [-0.15, -0.1) is 0 Å². The van der Waals surface area contributed by atoms with Crippen molar-refractivity contribution in [2.24, 2.45) is 56.7 Å². The van der Waals surface area contributed by atoms with E-state index in [1.54, 1.807) is 218 Å². The van der Waals surface area contributed by atoms with Crippen LogP contribution in [0.3, 0.4) is 0 Å². The summed E-state index contributed by atoms with van der Waals surface area (Å²) in [7, 11) is 0. The Morgan fingerprint density at radius 2 is 0.840 bits per heavy atom. The first kappa shape index (κ1) is 84.1. The van der Waals surface area contributed by atoms with Gasteiger partial charge in [0.1, 0.15) is 25.4 Å². The number of carbonyl (C=O) groups is 9. The molecule has 6 aliphatic rings. The molecule has 1 aliphatic heterocycles. The molecule has 10 unspecified atom stereocenters. The lowest BCUT2D eigenvalue weighted by Crippen LogP contribution is -2.68. The molecule has 119 heavy (non-hydrogen) atoms. The molecule has 19 atom stereocenters. The summed E-state index contributed by atoms with van der Waals surface area (Å²) in [6.45, 7) is 18.6. The maximum Gasteiger partial charge on any atom is 0.348 e. The minimum atomic E-state index is -1.83. The van der Waals surface area contributed by atoms with Crippen molar-refractivity contribution in [3.8, 4) is 0 Å². The van der Waals surface area contributed by atoms with Crippen LogP contribution in [0.15, 0.2) is 255 Å². The van der Waals surface area contributed by atoms with Gasteiger partial charge in [-0.1, -0.05) is 192 Å². The molecular weight excluding hydrogens is 1510 g/mol. The highest BCUT2D eigenvalue weighted by Crippen LogP contribution is 2.78. The Balaban J connectivity index is 0.761. The van der Waals surface area contributed by atoms with Crippen LogP contribution < -0.4 is 0 Å². The number of allylic oxidation sites excluding steroid dienone is 1. The average molecular weight is 1620 g/mol. The number of fused-ring (bicyclic) bond motifs is 7. The molecule has 5 aliphatic carbocycles. The Hall–Kier alpha value is -11.4. The van der Waals surface area contributed by atoms with Crippen LogP contribution in [0.5, 0.6) is 0 Å². The number of hydrogen-bond donors (Lipinski definition) is 0. The van der Waals surface area contributed by atoms with E-state index in [0.29, 0.717) is 38.5 Å². The van der Waals surface area contributed by atoms with Crippen molar-refractivity contribution in [3.05, 3.63) is 299 Å². The first-order chi connectivity index (χ1) is 57.3. The standard InChI is InChI=1S/C98H102O21/c1-61(2)71-51-56-98(93(107)119-118-74(60-109-85(100)64-35-19-10-20-36-64)81(115-89(104)68-43-27-14-28-44-68)79(113-87(102)66-39-23-12-24-40-66)62(3)110-86(101)65-37-21-11-22-38-65)58-57-96(7)72(78(71)98)49-50-76-95(6)54-53-77(94(4,5)75(95)52-55-97(76,96)8)112-92-83(117-91(106)70-47-31-16-32-48-70)82(116-90(105)69-45-29-15-30-46-69)80(114-88(103)67-41-25-13-26-42-67)73(111-92)59-108-84(99)63-33-17-9-18-34-63/h9-48,62,71-83,92H,1,49-60H2,2-8H3/t62?,71-,72?,73?,74?,75?,76?,77-,78?,79?,80+,81+,82?,83?,92-,95-,96+,97+,98-/m0/s1. The number of esters is 8. The Kier molecular flexibility index (Phi) is 25.5. The third kappa shape index (κ3) is 17.4. The van der Waals surface area contributed by atoms with E-state index >= 15 is 4.79 Å². The SMILES string of the molecule is C=C(C)[C@@H]1CC[C@]2(C(=O)OOC(COC(=O)c3ccccc3)[C@@H](OC(=O)c3ccccc3)C(OC(=O)c3ccccc3)C(C)OC(=O)c3ccccc3)CC[C@]3(C)C(CCC4[C@@]5(C)CC[C@H](O[C@@H]6OC(COC(=O)c7ccccc7)[C@@H](OC(=O)c7ccccc7)C(OC(=O)c7ccccc7)C6OC(=O)c6ccccc6)C(C)(C)C5CC[C@]43C)C12. The van der Waals surface area contributed by atoms with Gasteiger partial charge >= 0.3 is 53.7 Å². The zero-order valence-electron chi connectivity index (χ0n) is 68.0. The summed E-state index contributed by atoms with van der Waals surface area (Å²) >= 11 is 0. The third-order valence-electron chi connectivity index (χ3n) is 27.0. The first-order valence-electron chi connectivity index (χ1n) is 41.2. The van der Waals surface area contributed by atoms with Crippen molar-refractivity contribution in [2.45, 2.75) is 174 Å². The Morgan fingerprint density at radius 3 is 1.31 bits per heavy atom. The third-order valence-corrected chi connectivity index (χ3v) is 27.0. The summed E-state index contributed by atoms with van der Waals surface area (Å²) < 4.78 is 64.8. The first-order valence-corrected chi connectivity index (χ1v) is 41.2. The van der Waals surface area contributed by atoms with E-state index in [1.807, 2.05) is 6.92 Å². The van der Waals surface area contributed by atoms with Gasteiger partial charge in [0, 0.05) is 0 Å². The predicted molar refractivity (Wildman–Crippen MR) is 436 cm³/mol. The molecule has 620 valence electrons.